The molecular formula is C22H32N6O. The van der Waals surface area contributed by atoms with Gasteiger partial charge in [0, 0.05) is 50.6 Å². The average Bonchev–Trinajstić information content (AvgIpc) is 2.75. The monoisotopic (exact) mass is 396 g/mol. The van der Waals surface area contributed by atoms with E-state index in [9.17, 15) is 4.79 Å². The Bertz CT molecular complexity index is 763. The molecule has 1 fully saturated rings. The summed E-state index contributed by atoms with van der Waals surface area (Å²) in [6, 6.07) is 8.00. The zero-order valence-electron chi connectivity index (χ0n) is 17.8. The fourth-order valence-corrected chi connectivity index (χ4v) is 3.50. The van der Waals surface area contributed by atoms with Crippen LogP contribution in [0.15, 0.2) is 36.7 Å². The molecule has 0 bridgehead atoms. The van der Waals surface area contributed by atoms with Crippen molar-refractivity contribution in [3.05, 3.63) is 42.4 Å². The van der Waals surface area contributed by atoms with Crippen LogP contribution in [0.2, 0.25) is 0 Å². The molecule has 1 aliphatic heterocycles. The Morgan fingerprint density at radius 1 is 1.00 bits per heavy atom. The number of hydrogen-bond donors (Lipinski definition) is 1. The Balaban J connectivity index is 1.59. The Kier molecular flexibility index (Phi) is 7.41. The lowest BCUT2D eigenvalue weighted by atomic mass is 10.2. The van der Waals surface area contributed by atoms with E-state index in [1.165, 1.54) is 5.69 Å². The smallest absolute Gasteiger partial charge is 0.275 e. The van der Waals surface area contributed by atoms with Crippen LogP contribution in [0.4, 0.5) is 17.2 Å². The quantitative estimate of drug-likeness (QED) is 0.740. The SMILES string of the molecule is CCCN(CCC)c1cnc(C(=O)Nc2ccc(N3CCN(C)CC3)cc2)cn1. The number of benzene rings is 1. The molecule has 1 aromatic heterocycles. The van der Waals surface area contributed by atoms with Crippen LogP contribution in [-0.2, 0) is 0 Å². The first-order valence-corrected chi connectivity index (χ1v) is 10.5. The Morgan fingerprint density at radius 3 is 2.21 bits per heavy atom. The van der Waals surface area contributed by atoms with Crippen LogP contribution in [0.3, 0.4) is 0 Å². The van der Waals surface area contributed by atoms with Crippen molar-refractivity contribution in [1.29, 1.82) is 0 Å². The summed E-state index contributed by atoms with van der Waals surface area (Å²) in [5.74, 6) is 0.579. The second kappa shape index (κ2) is 10.2. The number of piperazine rings is 1. The minimum atomic E-state index is -0.242. The largest absolute Gasteiger partial charge is 0.369 e. The third-order valence-corrected chi connectivity index (χ3v) is 5.18. The molecule has 1 N–H and O–H groups in total. The maximum absolute atomic E-state index is 12.5. The number of carbonyl (C=O) groups is 1. The van der Waals surface area contributed by atoms with Gasteiger partial charge in [0.15, 0.2) is 0 Å². The van der Waals surface area contributed by atoms with Crippen LogP contribution < -0.4 is 15.1 Å². The van der Waals surface area contributed by atoms with Crippen molar-refractivity contribution in [2.75, 3.05) is 61.4 Å². The second-order valence-corrected chi connectivity index (χ2v) is 7.54. The van der Waals surface area contributed by atoms with Crippen LogP contribution >= 0.6 is 0 Å². The molecule has 0 aliphatic carbocycles. The van der Waals surface area contributed by atoms with Crippen LogP contribution in [0.5, 0.6) is 0 Å². The van der Waals surface area contributed by atoms with Gasteiger partial charge < -0.3 is 20.0 Å². The highest BCUT2D eigenvalue weighted by atomic mass is 16.1. The minimum absolute atomic E-state index is 0.242. The molecule has 0 radical (unpaired) electrons. The molecule has 3 rings (SSSR count). The molecule has 1 saturated heterocycles. The molecule has 1 aliphatic rings. The molecule has 29 heavy (non-hydrogen) atoms. The zero-order chi connectivity index (χ0) is 20.6. The number of amides is 1. The van der Waals surface area contributed by atoms with Gasteiger partial charge in [0.25, 0.3) is 5.91 Å². The van der Waals surface area contributed by atoms with Crippen molar-refractivity contribution in [2.24, 2.45) is 0 Å². The summed E-state index contributed by atoms with van der Waals surface area (Å²) in [6.45, 7) is 10.4. The van der Waals surface area contributed by atoms with Gasteiger partial charge in [-0.15, -0.1) is 0 Å². The lowest BCUT2D eigenvalue weighted by molar-refractivity contribution is 0.102. The topological polar surface area (TPSA) is 64.6 Å². The average molecular weight is 397 g/mol. The molecule has 2 aromatic rings. The third-order valence-electron chi connectivity index (χ3n) is 5.18. The first-order chi connectivity index (χ1) is 14.1. The molecule has 0 spiro atoms. The van der Waals surface area contributed by atoms with Gasteiger partial charge in [-0.3, -0.25) is 4.79 Å². The second-order valence-electron chi connectivity index (χ2n) is 7.54. The lowest BCUT2D eigenvalue weighted by Gasteiger charge is -2.34. The van der Waals surface area contributed by atoms with Crippen molar-refractivity contribution >= 4 is 23.1 Å². The number of likely N-dealkylation sites (N-methyl/N-ethyl adjacent to an activating group) is 1. The Hall–Kier alpha value is -2.67. The van der Waals surface area contributed by atoms with E-state index in [2.05, 4.69) is 63.0 Å². The minimum Gasteiger partial charge on any atom is -0.369 e. The summed E-state index contributed by atoms with van der Waals surface area (Å²) in [7, 11) is 2.15. The van der Waals surface area contributed by atoms with E-state index < -0.39 is 0 Å². The van der Waals surface area contributed by atoms with Gasteiger partial charge in [-0.2, -0.15) is 0 Å². The number of rotatable bonds is 8. The normalized spacial score (nSPS) is 14.7. The molecule has 1 aromatic carbocycles. The molecule has 0 saturated carbocycles. The highest BCUT2D eigenvalue weighted by molar-refractivity contribution is 6.02. The van der Waals surface area contributed by atoms with E-state index >= 15 is 0 Å². The van der Waals surface area contributed by atoms with E-state index in [1.807, 2.05) is 12.1 Å². The number of nitrogens with one attached hydrogen (secondary N) is 1. The summed E-state index contributed by atoms with van der Waals surface area (Å²) in [4.78, 5) is 28.2. The zero-order valence-corrected chi connectivity index (χ0v) is 17.8. The highest BCUT2D eigenvalue weighted by Gasteiger charge is 2.15. The number of hydrogen-bond acceptors (Lipinski definition) is 6. The molecule has 2 heterocycles. The van der Waals surface area contributed by atoms with Crippen molar-refractivity contribution in [1.82, 2.24) is 14.9 Å². The van der Waals surface area contributed by atoms with Crippen LogP contribution in [0.1, 0.15) is 37.2 Å². The third kappa shape index (κ3) is 5.67. The Morgan fingerprint density at radius 2 is 1.66 bits per heavy atom. The predicted octanol–water partition coefficient (Wildman–Crippen LogP) is 3.11. The van der Waals surface area contributed by atoms with E-state index in [4.69, 9.17) is 0 Å². The molecule has 7 nitrogen and oxygen atoms in total. The fourth-order valence-electron chi connectivity index (χ4n) is 3.50. The summed E-state index contributed by atoms with van der Waals surface area (Å²) >= 11 is 0. The van der Waals surface area contributed by atoms with Crippen LogP contribution in [0, 0.1) is 0 Å². The van der Waals surface area contributed by atoms with Crippen molar-refractivity contribution < 1.29 is 4.79 Å². The van der Waals surface area contributed by atoms with E-state index in [-0.39, 0.29) is 5.91 Å². The number of carbonyl (C=O) groups excluding carboxylic acids is 1. The summed E-state index contributed by atoms with van der Waals surface area (Å²) < 4.78 is 0. The number of nitrogens with zero attached hydrogens (tertiary/aromatic N) is 5. The first-order valence-electron chi connectivity index (χ1n) is 10.5. The predicted molar refractivity (Wildman–Crippen MR) is 119 cm³/mol. The standard InChI is InChI=1S/C22H32N6O/c1-4-10-28(11-5-2)21-17-23-20(16-24-21)22(29)25-18-6-8-19(9-7-18)27-14-12-26(3)13-15-27/h6-9,16-17H,4-5,10-15H2,1-3H3,(H,25,29). The summed E-state index contributed by atoms with van der Waals surface area (Å²) in [5, 5.41) is 2.91. The Labute approximate surface area is 173 Å². The molecule has 7 heteroatoms. The maximum Gasteiger partial charge on any atom is 0.275 e. The van der Waals surface area contributed by atoms with E-state index in [1.54, 1.807) is 12.4 Å². The van der Waals surface area contributed by atoms with Crippen molar-refractivity contribution in [3.8, 4) is 0 Å². The van der Waals surface area contributed by atoms with Gasteiger partial charge in [-0.05, 0) is 44.2 Å². The summed E-state index contributed by atoms with van der Waals surface area (Å²) in [5.41, 5.74) is 2.27. The van der Waals surface area contributed by atoms with Gasteiger partial charge >= 0.3 is 0 Å². The van der Waals surface area contributed by atoms with Gasteiger partial charge in [-0.1, -0.05) is 13.8 Å². The number of aromatic nitrogens is 2. The van der Waals surface area contributed by atoms with Crippen molar-refractivity contribution in [2.45, 2.75) is 26.7 Å². The van der Waals surface area contributed by atoms with E-state index in [0.29, 0.717) is 5.69 Å². The molecule has 156 valence electrons. The van der Waals surface area contributed by atoms with Crippen LogP contribution in [-0.4, -0.2) is 67.1 Å². The fraction of sp³-hybridized carbons (Fsp3) is 0.500. The lowest BCUT2D eigenvalue weighted by Crippen LogP contribution is -2.44. The molecular weight excluding hydrogens is 364 g/mol. The van der Waals surface area contributed by atoms with Gasteiger partial charge in [0.1, 0.15) is 11.5 Å². The molecule has 1 amide bonds. The summed E-state index contributed by atoms with van der Waals surface area (Å²) in [6.07, 6.45) is 5.35. The highest BCUT2D eigenvalue weighted by Crippen LogP contribution is 2.20. The van der Waals surface area contributed by atoms with E-state index in [0.717, 1.165) is 63.6 Å². The van der Waals surface area contributed by atoms with Crippen molar-refractivity contribution in [3.63, 3.8) is 0 Å². The van der Waals surface area contributed by atoms with Gasteiger partial charge in [-0.25, -0.2) is 9.97 Å². The number of anilines is 3. The molecule has 0 unspecified atom stereocenters. The molecule has 0 atom stereocenters. The van der Waals surface area contributed by atoms with Crippen LogP contribution in [0.25, 0.3) is 0 Å². The maximum atomic E-state index is 12.5. The first kappa shape index (κ1) is 21.0. The van der Waals surface area contributed by atoms with Gasteiger partial charge in [0.2, 0.25) is 0 Å². The van der Waals surface area contributed by atoms with Gasteiger partial charge in [0.05, 0.1) is 12.4 Å².